The summed E-state index contributed by atoms with van der Waals surface area (Å²) in [4.78, 5) is 0. The van der Waals surface area contributed by atoms with Gasteiger partial charge in [-0.25, -0.2) is 0 Å². The van der Waals surface area contributed by atoms with Crippen molar-refractivity contribution in [1.82, 2.24) is 5.32 Å². The summed E-state index contributed by atoms with van der Waals surface area (Å²) in [6.45, 7) is 7.61. The maximum Gasteiger partial charge on any atom is 0.122 e. The predicted octanol–water partition coefficient (Wildman–Crippen LogP) is 2.06. The van der Waals surface area contributed by atoms with E-state index >= 15 is 0 Å². The molecular weight excluding hydrogens is 254 g/mol. The van der Waals surface area contributed by atoms with Crippen molar-refractivity contribution in [2.24, 2.45) is 0 Å². The number of ether oxygens (including phenoxy) is 2. The highest BCUT2D eigenvalue weighted by Crippen LogP contribution is 2.18. The molecule has 0 aliphatic carbocycles. The van der Waals surface area contributed by atoms with Crippen LogP contribution in [0.1, 0.15) is 24.5 Å². The van der Waals surface area contributed by atoms with Crippen molar-refractivity contribution >= 4 is 0 Å². The number of benzene rings is 1. The Bertz CT molecular complexity index is 395. The van der Waals surface area contributed by atoms with E-state index in [0.29, 0.717) is 19.8 Å². The van der Waals surface area contributed by atoms with Gasteiger partial charge in [0.1, 0.15) is 18.5 Å². The average molecular weight is 281 g/mol. The molecule has 0 aliphatic heterocycles. The van der Waals surface area contributed by atoms with E-state index in [1.807, 2.05) is 19.1 Å². The van der Waals surface area contributed by atoms with Gasteiger partial charge in [0.15, 0.2) is 0 Å². The Balaban J connectivity index is 2.33. The maximum atomic E-state index is 9.94. The SMILES string of the molecule is CCC(COC)NCC(O)COc1ccc(C)cc1C. The lowest BCUT2D eigenvalue weighted by Gasteiger charge is -2.19. The molecular formula is C16H27NO3. The average Bonchev–Trinajstić information content (AvgIpc) is 2.42. The Morgan fingerprint density at radius 3 is 2.60 bits per heavy atom. The van der Waals surface area contributed by atoms with Crippen molar-refractivity contribution < 1.29 is 14.6 Å². The lowest BCUT2D eigenvalue weighted by atomic mass is 10.1. The first-order valence-corrected chi connectivity index (χ1v) is 7.17. The van der Waals surface area contributed by atoms with E-state index in [1.165, 1.54) is 5.56 Å². The fourth-order valence-corrected chi connectivity index (χ4v) is 2.03. The molecule has 0 saturated heterocycles. The minimum Gasteiger partial charge on any atom is -0.491 e. The third-order valence-electron chi connectivity index (χ3n) is 3.26. The predicted molar refractivity (Wildman–Crippen MR) is 81.4 cm³/mol. The summed E-state index contributed by atoms with van der Waals surface area (Å²) in [7, 11) is 1.68. The molecule has 1 rings (SSSR count). The minimum atomic E-state index is -0.526. The first-order chi connectivity index (χ1) is 9.56. The van der Waals surface area contributed by atoms with Gasteiger partial charge in [-0.05, 0) is 31.9 Å². The molecule has 2 atom stereocenters. The molecule has 2 unspecified atom stereocenters. The van der Waals surface area contributed by atoms with Crippen molar-refractivity contribution in [3.8, 4) is 5.75 Å². The van der Waals surface area contributed by atoms with Gasteiger partial charge < -0.3 is 19.9 Å². The number of methoxy groups -OCH3 is 1. The summed E-state index contributed by atoms with van der Waals surface area (Å²) in [5, 5.41) is 13.2. The smallest absolute Gasteiger partial charge is 0.122 e. The van der Waals surface area contributed by atoms with Gasteiger partial charge in [0.05, 0.1) is 6.61 Å². The maximum absolute atomic E-state index is 9.94. The molecule has 1 aromatic carbocycles. The zero-order valence-electron chi connectivity index (χ0n) is 13.0. The fraction of sp³-hybridized carbons (Fsp3) is 0.625. The molecule has 0 radical (unpaired) electrons. The standard InChI is InChI=1S/C16H27NO3/c1-5-14(10-19-4)17-9-15(18)11-20-16-7-6-12(2)8-13(16)3/h6-8,14-15,17-18H,5,9-11H2,1-4H3. The normalized spacial score (nSPS) is 14.1. The van der Waals surface area contributed by atoms with Gasteiger partial charge in [-0.15, -0.1) is 0 Å². The molecule has 20 heavy (non-hydrogen) atoms. The molecule has 0 aromatic heterocycles. The molecule has 1 aromatic rings. The van der Waals surface area contributed by atoms with Gasteiger partial charge in [-0.2, -0.15) is 0 Å². The monoisotopic (exact) mass is 281 g/mol. The van der Waals surface area contributed by atoms with Crippen molar-refractivity contribution in [2.45, 2.75) is 39.3 Å². The van der Waals surface area contributed by atoms with Gasteiger partial charge >= 0.3 is 0 Å². The lowest BCUT2D eigenvalue weighted by Crippen LogP contribution is -2.40. The van der Waals surface area contributed by atoms with Crippen LogP contribution in [0.15, 0.2) is 18.2 Å². The third kappa shape index (κ3) is 5.90. The number of aryl methyl sites for hydroxylation is 2. The zero-order chi connectivity index (χ0) is 15.0. The van der Waals surface area contributed by atoms with Gasteiger partial charge in [0.2, 0.25) is 0 Å². The van der Waals surface area contributed by atoms with Gasteiger partial charge in [0.25, 0.3) is 0 Å². The number of rotatable bonds is 9. The highest BCUT2D eigenvalue weighted by Gasteiger charge is 2.10. The second kappa shape index (κ2) is 8.95. The Labute approximate surface area is 122 Å². The van der Waals surface area contributed by atoms with Crippen LogP contribution >= 0.6 is 0 Å². The Hall–Kier alpha value is -1.10. The molecule has 0 fully saturated rings. The third-order valence-corrected chi connectivity index (χ3v) is 3.26. The second-order valence-corrected chi connectivity index (χ2v) is 5.20. The van der Waals surface area contributed by atoms with Crippen LogP contribution in [0.3, 0.4) is 0 Å². The van der Waals surface area contributed by atoms with Gasteiger partial charge in [-0.1, -0.05) is 24.6 Å². The van der Waals surface area contributed by atoms with Crippen LogP contribution in [-0.2, 0) is 4.74 Å². The number of aliphatic hydroxyl groups excluding tert-OH is 1. The van der Waals surface area contributed by atoms with E-state index in [-0.39, 0.29) is 6.04 Å². The number of hydrogen-bond donors (Lipinski definition) is 2. The lowest BCUT2D eigenvalue weighted by molar-refractivity contribution is 0.0950. The first kappa shape index (κ1) is 17.0. The summed E-state index contributed by atoms with van der Waals surface area (Å²) in [5.41, 5.74) is 2.30. The molecule has 0 heterocycles. The van der Waals surface area contributed by atoms with Crippen LogP contribution in [-0.4, -0.2) is 44.1 Å². The molecule has 4 nitrogen and oxygen atoms in total. The Morgan fingerprint density at radius 1 is 1.25 bits per heavy atom. The Morgan fingerprint density at radius 2 is 2.00 bits per heavy atom. The summed E-state index contributed by atoms with van der Waals surface area (Å²) in [6.07, 6.45) is 0.444. The van der Waals surface area contributed by atoms with Crippen molar-refractivity contribution in [2.75, 3.05) is 26.9 Å². The summed E-state index contributed by atoms with van der Waals surface area (Å²) in [5.74, 6) is 0.832. The van der Waals surface area contributed by atoms with Crippen LogP contribution in [0.25, 0.3) is 0 Å². The highest BCUT2D eigenvalue weighted by atomic mass is 16.5. The largest absolute Gasteiger partial charge is 0.491 e. The van der Waals surface area contributed by atoms with Crippen LogP contribution in [0.2, 0.25) is 0 Å². The molecule has 0 amide bonds. The van der Waals surface area contributed by atoms with Crippen LogP contribution in [0.4, 0.5) is 0 Å². The molecule has 4 heteroatoms. The molecule has 0 saturated carbocycles. The van der Waals surface area contributed by atoms with E-state index in [0.717, 1.165) is 17.7 Å². The Kier molecular flexibility index (Phi) is 7.59. The van der Waals surface area contributed by atoms with E-state index in [1.54, 1.807) is 7.11 Å². The highest BCUT2D eigenvalue weighted by molar-refractivity contribution is 5.35. The molecule has 0 spiro atoms. The summed E-state index contributed by atoms with van der Waals surface area (Å²) >= 11 is 0. The second-order valence-electron chi connectivity index (χ2n) is 5.20. The van der Waals surface area contributed by atoms with Crippen molar-refractivity contribution in [3.63, 3.8) is 0 Å². The van der Waals surface area contributed by atoms with Crippen molar-refractivity contribution in [3.05, 3.63) is 29.3 Å². The van der Waals surface area contributed by atoms with Crippen LogP contribution in [0, 0.1) is 13.8 Å². The van der Waals surface area contributed by atoms with E-state index in [9.17, 15) is 5.11 Å². The summed E-state index contributed by atoms with van der Waals surface area (Å²) < 4.78 is 10.8. The van der Waals surface area contributed by atoms with Gasteiger partial charge in [0, 0.05) is 19.7 Å². The number of aliphatic hydroxyl groups is 1. The topological polar surface area (TPSA) is 50.7 Å². The molecule has 2 N–H and O–H groups in total. The fourth-order valence-electron chi connectivity index (χ4n) is 2.03. The number of hydrogen-bond acceptors (Lipinski definition) is 4. The van der Waals surface area contributed by atoms with E-state index < -0.39 is 6.10 Å². The molecule has 0 bridgehead atoms. The first-order valence-electron chi connectivity index (χ1n) is 7.17. The van der Waals surface area contributed by atoms with E-state index in [4.69, 9.17) is 9.47 Å². The van der Waals surface area contributed by atoms with E-state index in [2.05, 4.69) is 25.2 Å². The van der Waals surface area contributed by atoms with Crippen LogP contribution in [0.5, 0.6) is 5.75 Å². The minimum absolute atomic E-state index is 0.274. The number of nitrogens with one attached hydrogen (secondary N) is 1. The van der Waals surface area contributed by atoms with Crippen LogP contribution < -0.4 is 10.1 Å². The molecule has 0 aliphatic rings. The summed E-state index contributed by atoms with van der Waals surface area (Å²) in [6, 6.07) is 6.31. The van der Waals surface area contributed by atoms with Crippen molar-refractivity contribution in [1.29, 1.82) is 0 Å². The zero-order valence-corrected chi connectivity index (χ0v) is 13.0. The molecule has 114 valence electrons. The van der Waals surface area contributed by atoms with Gasteiger partial charge in [-0.3, -0.25) is 0 Å². The quantitative estimate of drug-likeness (QED) is 0.727.